The van der Waals surface area contributed by atoms with Crippen molar-refractivity contribution in [2.75, 3.05) is 7.05 Å². The van der Waals surface area contributed by atoms with E-state index in [1.165, 1.54) is 0 Å². The summed E-state index contributed by atoms with van der Waals surface area (Å²) in [6.07, 6.45) is 3.69. The highest BCUT2D eigenvalue weighted by Gasteiger charge is 2.37. The van der Waals surface area contributed by atoms with Crippen LogP contribution in [0.5, 0.6) is 0 Å². The van der Waals surface area contributed by atoms with Crippen molar-refractivity contribution in [1.82, 2.24) is 15.6 Å². The molecule has 9 heteroatoms. The molecule has 52 heavy (non-hydrogen) atoms. The fourth-order valence-electron chi connectivity index (χ4n) is 5.85. The molecule has 0 saturated heterocycles. The number of carbonyl (C=O) groups is 4. The van der Waals surface area contributed by atoms with Crippen LogP contribution in [-0.2, 0) is 37.6 Å². The molecule has 1 atom stereocenters. The summed E-state index contributed by atoms with van der Waals surface area (Å²) in [6, 6.07) is 46.5. The molecule has 1 unspecified atom stereocenters. The standard InChI is InChI=1S/C23H21NO3.C12H15N3O.C8H8O/c25-21(16-17-22(26)27)24-23(18-10-4-1-5-11-18,19-12-6-2-7-13-19)20-14-8-3-9-15-20;1-14-11(12(13)16)6-8-7-15-10-5-3-2-4-9(8)10;9-7-6-8-4-2-1-3-5-8/h1-15H,16-17H2,(H,24,25)(H,26,27);2-5,7,11,14-15H,6H2,1H3,(H2,13,16);1-5,7H,6H2. The van der Waals surface area contributed by atoms with Crippen molar-refractivity contribution in [3.05, 3.63) is 180 Å². The second-order valence-corrected chi connectivity index (χ2v) is 12.0. The van der Waals surface area contributed by atoms with Gasteiger partial charge in [0.05, 0.1) is 12.5 Å². The first kappa shape index (κ1) is 38.5. The first-order valence-electron chi connectivity index (χ1n) is 17.0. The van der Waals surface area contributed by atoms with Crippen LogP contribution >= 0.6 is 0 Å². The fourth-order valence-corrected chi connectivity index (χ4v) is 5.85. The number of nitrogens with one attached hydrogen (secondary N) is 3. The van der Waals surface area contributed by atoms with Crippen molar-refractivity contribution in [3.8, 4) is 0 Å². The zero-order valence-electron chi connectivity index (χ0n) is 29.1. The Morgan fingerprint density at radius 3 is 1.67 bits per heavy atom. The number of carboxylic acid groups (broad SMARTS) is 1. The molecule has 1 aromatic heterocycles. The van der Waals surface area contributed by atoms with Crippen LogP contribution in [0.3, 0.4) is 0 Å². The van der Waals surface area contributed by atoms with Gasteiger partial charge in [0.15, 0.2) is 0 Å². The lowest BCUT2D eigenvalue weighted by Crippen LogP contribution is -2.47. The van der Waals surface area contributed by atoms with E-state index in [0.717, 1.165) is 45.0 Å². The molecule has 6 rings (SSSR count). The quantitative estimate of drug-likeness (QED) is 0.0719. The van der Waals surface area contributed by atoms with Gasteiger partial charge in [0.1, 0.15) is 11.8 Å². The van der Waals surface area contributed by atoms with Gasteiger partial charge in [0.2, 0.25) is 11.8 Å². The number of fused-ring (bicyclic) bond motifs is 1. The smallest absolute Gasteiger partial charge is 0.303 e. The number of benzene rings is 5. The summed E-state index contributed by atoms with van der Waals surface area (Å²) in [7, 11) is 1.74. The molecule has 1 heterocycles. The molecule has 0 bridgehead atoms. The minimum atomic E-state index is -0.991. The van der Waals surface area contributed by atoms with Crippen LogP contribution < -0.4 is 16.4 Å². The average Bonchev–Trinajstić information content (AvgIpc) is 3.60. The maximum absolute atomic E-state index is 12.7. The molecule has 6 aromatic rings. The molecule has 266 valence electrons. The molecule has 0 aliphatic heterocycles. The third-order valence-electron chi connectivity index (χ3n) is 8.47. The number of likely N-dealkylation sites (N-methyl/N-ethyl adjacent to an activating group) is 1. The first-order chi connectivity index (χ1) is 25.3. The van der Waals surface area contributed by atoms with E-state index in [0.29, 0.717) is 12.8 Å². The number of carbonyl (C=O) groups excluding carboxylic acids is 3. The fraction of sp³-hybridized carbons (Fsp3) is 0.163. The van der Waals surface area contributed by atoms with E-state index in [1.807, 2.05) is 152 Å². The molecule has 0 saturated carbocycles. The maximum Gasteiger partial charge on any atom is 0.303 e. The number of aldehydes is 1. The Kier molecular flexibility index (Phi) is 14.6. The predicted octanol–water partition coefficient (Wildman–Crippen LogP) is 6.17. The van der Waals surface area contributed by atoms with Crippen molar-refractivity contribution in [2.45, 2.75) is 37.3 Å². The molecule has 5 aromatic carbocycles. The zero-order chi connectivity index (χ0) is 37.2. The first-order valence-corrected chi connectivity index (χ1v) is 17.0. The van der Waals surface area contributed by atoms with E-state index in [-0.39, 0.29) is 30.7 Å². The molecule has 9 nitrogen and oxygen atoms in total. The summed E-state index contributed by atoms with van der Waals surface area (Å²) in [5, 5.41) is 16.1. The Balaban J connectivity index is 0.000000203. The van der Waals surface area contributed by atoms with Gasteiger partial charge in [-0.3, -0.25) is 14.4 Å². The monoisotopic (exact) mass is 696 g/mol. The number of amides is 2. The zero-order valence-corrected chi connectivity index (χ0v) is 29.1. The minimum Gasteiger partial charge on any atom is -0.481 e. The largest absolute Gasteiger partial charge is 0.481 e. The van der Waals surface area contributed by atoms with Gasteiger partial charge in [-0.15, -0.1) is 0 Å². The number of aromatic nitrogens is 1. The highest BCUT2D eigenvalue weighted by atomic mass is 16.4. The molecule has 0 radical (unpaired) electrons. The molecule has 0 aliphatic carbocycles. The van der Waals surface area contributed by atoms with Gasteiger partial charge in [-0.1, -0.05) is 140 Å². The number of primary amides is 1. The summed E-state index contributed by atoms with van der Waals surface area (Å²) in [5.41, 5.74) is 10.4. The molecule has 6 N–H and O–H groups in total. The SMILES string of the molecule is CNC(Cc1c[nH]c2ccccc12)C(N)=O.O=C(O)CCC(=O)NC(c1ccccc1)(c1ccccc1)c1ccccc1.O=CCc1ccccc1. The van der Waals surface area contributed by atoms with E-state index in [2.05, 4.69) is 15.6 Å². The third kappa shape index (κ3) is 10.6. The molecule has 2 amide bonds. The number of para-hydroxylation sites is 1. The van der Waals surface area contributed by atoms with E-state index in [9.17, 15) is 19.2 Å². The molecular weight excluding hydrogens is 652 g/mol. The number of hydrogen-bond acceptors (Lipinski definition) is 5. The van der Waals surface area contributed by atoms with E-state index < -0.39 is 11.5 Å². The number of aliphatic carboxylic acids is 1. The Labute approximate surface area is 303 Å². The van der Waals surface area contributed by atoms with Crippen LogP contribution in [-0.4, -0.2) is 47.2 Å². The third-order valence-corrected chi connectivity index (χ3v) is 8.47. The second-order valence-electron chi connectivity index (χ2n) is 12.0. The van der Waals surface area contributed by atoms with Gasteiger partial charge in [-0.05, 0) is 47.4 Å². The van der Waals surface area contributed by atoms with E-state index in [1.54, 1.807) is 7.05 Å². The number of aromatic amines is 1. The number of H-pyrrole nitrogens is 1. The lowest BCUT2D eigenvalue weighted by Gasteiger charge is -2.37. The number of hydrogen-bond donors (Lipinski definition) is 5. The van der Waals surface area contributed by atoms with Gasteiger partial charge >= 0.3 is 5.97 Å². The number of rotatable bonds is 13. The normalized spacial score (nSPS) is 11.2. The Hall–Kier alpha value is -6.32. The minimum absolute atomic E-state index is 0.0798. The van der Waals surface area contributed by atoms with E-state index in [4.69, 9.17) is 10.8 Å². The average molecular weight is 697 g/mol. The molecular formula is C43H44N4O5. The number of nitrogens with two attached hydrogens (primary N) is 1. The lowest BCUT2D eigenvalue weighted by molar-refractivity contribution is -0.139. The lowest BCUT2D eigenvalue weighted by atomic mass is 9.77. The van der Waals surface area contributed by atoms with Gasteiger partial charge in [0, 0.05) is 29.9 Å². The van der Waals surface area contributed by atoms with Crippen molar-refractivity contribution in [3.63, 3.8) is 0 Å². The van der Waals surface area contributed by atoms with Gasteiger partial charge < -0.3 is 31.3 Å². The topological polar surface area (TPSA) is 154 Å². The Bertz CT molecular complexity index is 1900. The maximum atomic E-state index is 12.7. The molecule has 0 aliphatic rings. The highest BCUT2D eigenvalue weighted by Crippen LogP contribution is 2.36. The Morgan fingerprint density at radius 2 is 1.21 bits per heavy atom. The summed E-state index contributed by atoms with van der Waals surface area (Å²) >= 11 is 0. The molecule has 0 fully saturated rings. The summed E-state index contributed by atoms with van der Waals surface area (Å²) in [6.45, 7) is 0. The predicted molar refractivity (Wildman–Crippen MR) is 204 cm³/mol. The highest BCUT2D eigenvalue weighted by molar-refractivity contribution is 5.85. The van der Waals surface area contributed by atoms with Gasteiger partial charge in [-0.2, -0.15) is 0 Å². The van der Waals surface area contributed by atoms with Crippen molar-refractivity contribution in [2.24, 2.45) is 5.73 Å². The van der Waals surface area contributed by atoms with Crippen molar-refractivity contribution < 1.29 is 24.3 Å². The summed E-state index contributed by atoms with van der Waals surface area (Å²) in [4.78, 5) is 47.9. The van der Waals surface area contributed by atoms with Gasteiger partial charge in [-0.25, -0.2) is 0 Å². The summed E-state index contributed by atoms with van der Waals surface area (Å²) in [5.74, 6) is -1.63. The van der Waals surface area contributed by atoms with Crippen LogP contribution in [0, 0.1) is 0 Å². The van der Waals surface area contributed by atoms with E-state index >= 15 is 0 Å². The van der Waals surface area contributed by atoms with Crippen molar-refractivity contribution in [1.29, 1.82) is 0 Å². The van der Waals surface area contributed by atoms with Crippen LogP contribution in [0.1, 0.15) is 40.7 Å². The summed E-state index contributed by atoms with van der Waals surface area (Å²) < 4.78 is 0. The van der Waals surface area contributed by atoms with Gasteiger partial charge in [0.25, 0.3) is 0 Å². The van der Waals surface area contributed by atoms with Crippen molar-refractivity contribution >= 4 is 35.0 Å². The van der Waals surface area contributed by atoms with Crippen LogP contribution in [0.15, 0.2) is 152 Å². The number of carboxylic acids is 1. The van der Waals surface area contributed by atoms with Crippen LogP contribution in [0.2, 0.25) is 0 Å². The van der Waals surface area contributed by atoms with Crippen LogP contribution in [0.4, 0.5) is 0 Å². The molecule has 0 spiro atoms. The Morgan fingerprint density at radius 1 is 0.731 bits per heavy atom. The second kappa shape index (κ2) is 19.8. The van der Waals surface area contributed by atoms with Crippen LogP contribution in [0.25, 0.3) is 10.9 Å².